The van der Waals surface area contributed by atoms with Gasteiger partial charge in [-0.05, 0) is 43.9 Å². The first-order valence-electron chi connectivity index (χ1n) is 7.33. The van der Waals surface area contributed by atoms with E-state index in [1.807, 2.05) is 25.3 Å². The minimum atomic E-state index is 0.0127. The van der Waals surface area contributed by atoms with Crippen LogP contribution < -0.4 is 5.56 Å². The highest BCUT2D eigenvalue weighted by Gasteiger charge is 2.17. The molecule has 3 rings (SSSR count). The van der Waals surface area contributed by atoms with Crippen LogP contribution in [0.4, 0.5) is 0 Å². The molecule has 3 heterocycles. The molecule has 1 aliphatic rings. The Kier molecular flexibility index (Phi) is 3.57. The molecule has 2 aromatic rings. The maximum Gasteiger partial charge on any atom is 0.258 e. The lowest BCUT2D eigenvalue weighted by Gasteiger charge is -2.30. The second-order valence-corrected chi connectivity index (χ2v) is 6.00. The summed E-state index contributed by atoms with van der Waals surface area (Å²) in [5, 5.41) is 0. The number of nitrogens with zero attached hydrogens (tertiary/aromatic N) is 3. The molecule has 0 spiro atoms. The molecule has 0 saturated carbocycles. The van der Waals surface area contributed by atoms with E-state index in [1.54, 1.807) is 10.5 Å². The molecule has 1 fully saturated rings. The molecule has 0 radical (unpaired) electrons. The predicted molar refractivity (Wildman–Crippen MR) is 79.9 cm³/mol. The number of rotatable bonds is 2. The molecule has 2 aromatic heterocycles. The third-order valence-electron chi connectivity index (χ3n) is 3.99. The summed E-state index contributed by atoms with van der Waals surface area (Å²) in [6, 6.07) is 5.58. The lowest BCUT2D eigenvalue weighted by molar-refractivity contribution is 0.175. The molecular weight excluding hydrogens is 250 g/mol. The van der Waals surface area contributed by atoms with Crippen LogP contribution in [0.25, 0.3) is 5.65 Å². The van der Waals surface area contributed by atoms with Crippen molar-refractivity contribution >= 4 is 5.65 Å². The third-order valence-corrected chi connectivity index (χ3v) is 3.99. The summed E-state index contributed by atoms with van der Waals surface area (Å²) >= 11 is 0. The van der Waals surface area contributed by atoms with Crippen molar-refractivity contribution in [2.24, 2.45) is 5.92 Å². The van der Waals surface area contributed by atoms with Gasteiger partial charge in [0.1, 0.15) is 5.65 Å². The topological polar surface area (TPSA) is 37.6 Å². The highest BCUT2D eigenvalue weighted by Crippen LogP contribution is 2.17. The Balaban J connectivity index is 1.89. The van der Waals surface area contributed by atoms with Gasteiger partial charge < -0.3 is 0 Å². The van der Waals surface area contributed by atoms with Gasteiger partial charge >= 0.3 is 0 Å². The van der Waals surface area contributed by atoms with Crippen LogP contribution in [-0.4, -0.2) is 27.4 Å². The molecule has 1 aliphatic heterocycles. The van der Waals surface area contributed by atoms with Crippen LogP contribution in [0.1, 0.15) is 31.0 Å². The summed E-state index contributed by atoms with van der Waals surface area (Å²) in [5.41, 5.74) is 2.70. The first-order chi connectivity index (χ1) is 9.61. The summed E-state index contributed by atoms with van der Waals surface area (Å²) in [4.78, 5) is 19.2. The van der Waals surface area contributed by atoms with Gasteiger partial charge in [0.2, 0.25) is 0 Å². The molecule has 0 aliphatic carbocycles. The van der Waals surface area contributed by atoms with E-state index in [1.165, 1.54) is 12.8 Å². The van der Waals surface area contributed by atoms with E-state index in [-0.39, 0.29) is 5.56 Å². The molecule has 106 valence electrons. The van der Waals surface area contributed by atoms with Crippen LogP contribution in [-0.2, 0) is 6.54 Å². The van der Waals surface area contributed by atoms with Crippen LogP contribution >= 0.6 is 0 Å². The van der Waals surface area contributed by atoms with Crippen molar-refractivity contribution in [3.05, 3.63) is 46.0 Å². The Labute approximate surface area is 119 Å². The van der Waals surface area contributed by atoms with Crippen molar-refractivity contribution in [1.82, 2.24) is 14.3 Å². The van der Waals surface area contributed by atoms with Gasteiger partial charge in [-0.1, -0.05) is 13.0 Å². The molecule has 1 saturated heterocycles. The van der Waals surface area contributed by atoms with E-state index >= 15 is 0 Å². The van der Waals surface area contributed by atoms with Gasteiger partial charge in [0.25, 0.3) is 5.56 Å². The van der Waals surface area contributed by atoms with Crippen LogP contribution in [0.15, 0.2) is 29.2 Å². The Morgan fingerprint density at radius 1 is 1.40 bits per heavy atom. The zero-order chi connectivity index (χ0) is 14.1. The van der Waals surface area contributed by atoms with Crippen molar-refractivity contribution in [3.63, 3.8) is 0 Å². The van der Waals surface area contributed by atoms with Gasteiger partial charge in [-0.3, -0.25) is 14.1 Å². The Hall–Kier alpha value is -1.68. The largest absolute Gasteiger partial charge is 0.297 e. The number of pyridine rings is 1. The fourth-order valence-electron chi connectivity index (χ4n) is 3.00. The maximum absolute atomic E-state index is 12.2. The lowest BCUT2D eigenvalue weighted by Crippen LogP contribution is -2.34. The zero-order valence-corrected chi connectivity index (χ0v) is 12.2. The third kappa shape index (κ3) is 2.75. The summed E-state index contributed by atoms with van der Waals surface area (Å²) in [7, 11) is 0. The first-order valence-corrected chi connectivity index (χ1v) is 7.33. The number of hydrogen-bond acceptors (Lipinski definition) is 3. The number of fused-ring (bicyclic) bond motifs is 1. The number of aryl methyl sites for hydroxylation is 1. The first kappa shape index (κ1) is 13.3. The monoisotopic (exact) mass is 271 g/mol. The summed E-state index contributed by atoms with van der Waals surface area (Å²) in [6.45, 7) is 7.27. The highest BCUT2D eigenvalue weighted by atomic mass is 16.1. The van der Waals surface area contributed by atoms with Crippen LogP contribution in [0.2, 0.25) is 0 Å². The van der Waals surface area contributed by atoms with Gasteiger partial charge in [-0.2, -0.15) is 0 Å². The van der Waals surface area contributed by atoms with Crippen molar-refractivity contribution in [1.29, 1.82) is 0 Å². The molecule has 1 atom stereocenters. The predicted octanol–water partition coefficient (Wildman–Crippen LogP) is 2.23. The minimum Gasteiger partial charge on any atom is -0.297 e. The molecule has 0 N–H and O–H groups in total. The van der Waals surface area contributed by atoms with E-state index in [0.717, 1.165) is 42.5 Å². The fraction of sp³-hybridized carbons (Fsp3) is 0.500. The Morgan fingerprint density at radius 2 is 2.25 bits per heavy atom. The Morgan fingerprint density at radius 3 is 3.05 bits per heavy atom. The molecule has 0 amide bonds. The van der Waals surface area contributed by atoms with Crippen molar-refractivity contribution in [2.75, 3.05) is 13.1 Å². The molecule has 4 heteroatoms. The van der Waals surface area contributed by atoms with Gasteiger partial charge in [0.15, 0.2) is 0 Å². The molecule has 20 heavy (non-hydrogen) atoms. The maximum atomic E-state index is 12.2. The average Bonchev–Trinajstić information content (AvgIpc) is 2.40. The van der Waals surface area contributed by atoms with Gasteiger partial charge in [0.05, 0.1) is 5.69 Å². The highest BCUT2D eigenvalue weighted by molar-refractivity contribution is 5.39. The van der Waals surface area contributed by atoms with Gasteiger partial charge in [-0.25, -0.2) is 4.98 Å². The molecule has 0 bridgehead atoms. The smallest absolute Gasteiger partial charge is 0.258 e. The number of hydrogen-bond donors (Lipinski definition) is 0. The summed E-state index contributed by atoms with van der Waals surface area (Å²) in [6.07, 6.45) is 4.40. The fourth-order valence-corrected chi connectivity index (χ4v) is 3.00. The van der Waals surface area contributed by atoms with E-state index in [2.05, 4.69) is 16.8 Å². The minimum absolute atomic E-state index is 0.0127. The van der Waals surface area contributed by atoms with E-state index in [0.29, 0.717) is 0 Å². The second-order valence-electron chi connectivity index (χ2n) is 6.00. The van der Waals surface area contributed by atoms with E-state index < -0.39 is 0 Å². The van der Waals surface area contributed by atoms with Crippen molar-refractivity contribution in [2.45, 2.75) is 33.2 Å². The second kappa shape index (κ2) is 5.37. The number of likely N-dealkylation sites (tertiary alicyclic amines) is 1. The van der Waals surface area contributed by atoms with Crippen LogP contribution in [0.5, 0.6) is 0 Å². The normalized spacial score (nSPS) is 20.4. The van der Waals surface area contributed by atoms with Gasteiger partial charge in [0, 0.05) is 25.4 Å². The molecular formula is C16H21N3O. The van der Waals surface area contributed by atoms with Crippen molar-refractivity contribution in [3.8, 4) is 0 Å². The lowest BCUT2D eigenvalue weighted by atomic mass is 10.0. The van der Waals surface area contributed by atoms with E-state index in [4.69, 9.17) is 0 Å². The summed E-state index contributed by atoms with van der Waals surface area (Å²) in [5.74, 6) is 0.743. The molecule has 0 unspecified atom stereocenters. The number of aromatic nitrogens is 2. The molecule has 0 aromatic carbocycles. The molecule has 4 nitrogen and oxygen atoms in total. The van der Waals surface area contributed by atoms with Crippen LogP contribution in [0.3, 0.4) is 0 Å². The van der Waals surface area contributed by atoms with Gasteiger partial charge in [-0.15, -0.1) is 0 Å². The van der Waals surface area contributed by atoms with E-state index in [9.17, 15) is 4.79 Å². The van der Waals surface area contributed by atoms with Crippen molar-refractivity contribution < 1.29 is 0 Å². The standard InChI is InChI=1S/C16H21N3O/c1-12-4-3-7-18(9-12)11-14-8-16(20)19-10-13(2)5-6-15(19)17-14/h5-6,8,10,12H,3-4,7,9,11H2,1-2H3/t12-/m0/s1. The summed E-state index contributed by atoms with van der Waals surface area (Å²) < 4.78 is 1.62. The average molecular weight is 271 g/mol. The quantitative estimate of drug-likeness (QED) is 0.840. The Bertz CT molecular complexity index is 677. The SMILES string of the molecule is Cc1ccc2nc(CN3CCC[C@H](C)C3)cc(=O)n2c1. The van der Waals surface area contributed by atoms with Crippen LogP contribution in [0, 0.1) is 12.8 Å². The zero-order valence-electron chi connectivity index (χ0n) is 12.2. The number of piperidine rings is 1.